The molecule has 154 valence electrons. The number of benzene rings is 2. The van der Waals surface area contributed by atoms with Crippen molar-refractivity contribution in [3.63, 3.8) is 0 Å². The normalized spacial score (nSPS) is 16.5. The largest absolute Gasteiger partial charge is 0.352 e. The standard InChI is InChI=1S/C22H13F4N5/c1-10-13-6-14(17(24)7-18(13)31-30-10)19-15(8-27)20(11-2-4-12(23)5-3-11)29-21(22(25)26)16(19)9-28/h2-7,19,22,29H,1H3,(H,30,31). The molecule has 1 aromatic heterocycles. The van der Waals surface area contributed by atoms with Gasteiger partial charge in [0, 0.05) is 22.7 Å². The molecule has 0 bridgehead atoms. The van der Waals surface area contributed by atoms with Gasteiger partial charge in [-0.1, -0.05) is 0 Å². The number of H-pyrrole nitrogens is 1. The minimum absolute atomic E-state index is 0.0368. The summed E-state index contributed by atoms with van der Waals surface area (Å²) in [6.45, 7) is 1.70. The Balaban J connectivity index is 2.04. The first-order chi connectivity index (χ1) is 14.8. The van der Waals surface area contributed by atoms with Crippen LogP contribution in [0.5, 0.6) is 0 Å². The molecule has 1 atom stereocenters. The molecule has 0 fully saturated rings. The first kappa shape index (κ1) is 20.2. The van der Waals surface area contributed by atoms with Crippen LogP contribution < -0.4 is 5.32 Å². The summed E-state index contributed by atoms with van der Waals surface area (Å²) in [5.74, 6) is -2.72. The van der Waals surface area contributed by atoms with Crippen molar-refractivity contribution in [1.82, 2.24) is 15.5 Å². The Hall–Kier alpha value is -4.11. The van der Waals surface area contributed by atoms with Crippen molar-refractivity contribution in [2.75, 3.05) is 0 Å². The van der Waals surface area contributed by atoms with Crippen LogP contribution in [0.2, 0.25) is 0 Å². The van der Waals surface area contributed by atoms with E-state index in [1.807, 2.05) is 6.07 Å². The SMILES string of the molecule is Cc1[nH]nc2cc(F)c(C3C(C#N)=C(c4ccc(F)cc4)NC(C(F)F)=C3C#N)cc12. The molecule has 1 unspecified atom stereocenters. The molecule has 5 nitrogen and oxygen atoms in total. The maximum atomic E-state index is 15.1. The summed E-state index contributed by atoms with van der Waals surface area (Å²) >= 11 is 0. The Morgan fingerprint density at radius 3 is 2.32 bits per heavy atom. The molecule has 4 rings (SSSR count). The molecule has 0 saturated heterocycles. The number of aromatic nitrogens is 2. The third kappa shape index (κ3) is 3.30. The quantitative estimate of drug-likeness (QED) is 0.592. The van der Waals surface area contributed by atoms with Crippen molar-refractivity contribution in [3.05, 3.63) is 81.7 Å². The monoisotopic (exact) mass is 423 g/mol. The fourth-order valence-corrected chi connectivity index (χ4v) is 3.68. The summed E-state index contributed by atoms with van der Waals surface area (Å²) in [4.78, 5) is 0. The van der Waals surface area contributed by atoms with E-state index in [2.05, 4.69) is 15.5 Å². The molecule has 1 aliphatic heterocycles. The summed E-state index contributed by atoms with van der Waals surface area (Å²) in [7, 11) is 0. The van der Waals surface area contributed by atoms with Crippen LogP contribution in [0.4, 0.5) is 17.6 Å². The van der Waals surface area contributed by atoms with Crippen molar-refractivity contribution < 1.29 is 17.6 Å². The fourth-order valence-electron chi connectivity index (χ4n) is 3.68. The van der Waals surface area contributed by atoms with Crippen LogP contribution in [0.3, 0.4) is 0 Å². The van der Waals surface area contributed by atoms with Gasteiger partial charge in [-0.15, -0.1) is 0 Å². The Kier molecular flexibility index (Phi) is 4.96. The molecular weight excluding hydrogens is 410 g/mol. The molecule has 0 amide bonds. The molecular formula is C22H13F4N5. The van der Waals surface area contributed by atoms with Gasteiger partial charge in [0.2, 0.25) is 0 Å². The average molecular weight is 423 g/mol. The highest BCUT2D eigenvalue weighted by molar-refractivity contribution is 5.84. The minimum atomic E-state index is -3.09. The van der Waals surface area contributed by atoms with Gasteiger partial charge >= 0.3 is 0 Å². The Labute approximate surface area is 173 Å². The summed E-state index contributed by atoms with van der Waals surface area (Å²) < 4.78 is 56.1. The van der Waals surface area contributed by atoms with Gasteiger partial charge in [0.15, 0.2) is 0 Å². The number of dihydropyridines is 1. The number of hydrogen-bond acceptors (Lipinski definition) is 4. The maximum absolute atomic E-state index is 15.1. The molecule has 2 aromatic carbocycles. The van der Waals surface area contributed by atoms with E-state index in [-0.39, 0.29) is 22.4 Å². The number of hydrogen-bond donors (Lipinski definition) is 2. The van der Waals surface area contributed by atoms with Crippen molar-refractivity contribution in [2.24, 2.45) is 0 Å². The number of aryl methyl sites for hydroxylation is 1. The average Bonchev–Trinajstić information content (AvgIpc) is 3.11. The second kappa shape index (κ2) is 7.62. The van der Waals surface area contributed by atoms with E-state index in [1.165, 1.54) is 18.2 Å². The Morgan fingerprint density at radius 1 is 1.03 bits per heavy atom. The number of allylic oxidation sites excluding steroid dienone is 3. The highest BCUT2D eigenvalue weighted by Gasteiger charge is 2.37. The number of fused-ring (bicyclic) bond motifs is 1. The fraction of sp³-hybridized carbons (Fsp3) is 0.136. The molecule has 2 N–H and O–H groups in total. The van der Waals surface area contributed by atoms with Crippen LogP contribution in [0.25, 0.3) is 16.6 Å². The van der Waals surface area contributed by atoms with Crippen LogP contribution in [0, 0.1) is 41.2 Å². The zero-order valence-electron chi connectivity index (χ0n) is 16.0. The van der Waals surface area contributed by atoms with Crippen LogP contribution in [-0.4, -0.2) is 16.6 Å². The van der Waals surface area contributed by atoms with Crippen molar-refractivity contribution in [1.29, 1.82) is 10.5 Å². The number of aromatic amines is 1. The second-order valence-corrected chi connectivity index (χ2v) is 6.94. The number of nitrogens with zero attached hydrogens (tertiary/aromatic N) is 3. The number of alkyl halides is 2. The molecule has 0 saturated carbocycles. The van der Waals surface area contributed by atoms with Gasteiger partial charge in [-0.3, -0.25) is 5.10 Å². The number of nitriles is 2. The molecule has 0 aliphatic carbocycles. The van der Waals surface area contributed by atoms with Crippen molar-refractivity contribution in [2.45, 2.75) is 19.3 Å². The third-order valence-corrected chi connectivity index (χ3v) is 5.16. The minimum Gasteiger partial charge on any atom is -0.352 e. The van der Waals surface area contributed by atoms with Crippen LogP contribution >= 0.6 is 0 Å². The van der Waals surface area contributed by atoms with Gasteiger partial charge in [-0.05, 0) is 42.8 Å². The van der Waals surface area contributed by atoms with Crippen molar-refractivity contribution in [3.8, 4) is 12.1 Å². The highest BCUT2D eigenvalue weighted by Crippen LogP contribution is 2.43. The van der Waals surface area contributed by atoms with Gasteiger partial charge in [-0.25, -0.2) is 17.6 Å². The summed E-state index contributed by atoms with van der Waals surface area (Å²) in [6, 6.07) is 11.0. The smallest absolute Gasteiger partial charge is 0.279 e. The van der Waals surface area contributed by atoms with Crippen LogP contribution in [0.1, 0.15) is 22.7 Å². The van der Waals surface area contributed by atoms with E-state index < -0.39 is 35.2 Å². The van der Waals surface area contributed by atoms with Gasteiger partial charge in [0.25, 0.3) is 6.43 Å². The van der Waals surface area contributed by atoms with E-state index >= 15 is 4.39 Å². The lowest BCUT2D eigenvalue weighted by atomic mass is 9.79. The zero-order valence-corrected chi connectivity index (χ0v) is 16.0. The lowest BCUT2D eigenvalue weighted by Crippen LogP contribution is -2.29. The molecule has 0 radical (unpaired) electrons. The topological polar surface area (TPSA) is 88.3 Å². The van der Waals surface area contributed by atoms with E-state index in [1.54, 1.807) is 13.0 Å². The first-order valence-electron chi connectivity index (χ1n) is 9.09. The molecule has 0 spiro atoms. The molecule has 3 aromatic rings. The lowest BCUT2D eigenvalue weighted by molar-refractivity contribution is 0.181. The maximum Gasteiger partial charge on any atom is 0.279 e. The van der Waals surface area contributed by atoms with Gasteiger partial charge in [0.05, 0.1) is 46.1 Å². The van der Waals surface area contributed by atoms with E-state index in [4.69, 9.17) is 0 Å². The summed E-state index contributed by atoms with van der Waals surface area (Å²) in [5, 5.41) is 29.2. The van der Waals surface area contributed by atoms with E-state index in [0.717, 1.165) is 18.2 Å². The van der Waals surface area contributed by atoms with E-state index in [0.29, 0.717) is 16.6 Å². The van der Waals surface area contributed by atoms with Crippen LogP contribution in [0.15, 0.2) is 53.2 Å². The zero-order chi connectivity index (χ0) is 22.3. The number of rotatable bonds is 3. The van der Waals surface area contributed by atoms with Crippen LogP contribution in [-0.2, 0) is 0 Å². The number of nitrogens with one attached hydrogen (secondary N) is 2. The Bertz CT molecular complexity index is 1340. The Morgan fingerprint density at radius 2 is 1.71 bits per heavy atom. The molecule has 31 heavy (non-hydrogen) atoms. The van der Waals surface area contributed by atoms with Gasteiger partial charge < -0.3 is 5.32 Å². The molecule has 2 heterocycles. The van der Waals surface area contributed by atoms with E-state index in [9.17, 15) is 23.7 Å². The highest BCUT2D eigenvalue weighted by atomic mass is 19.3. The third-order valence-electron chi connectivity index (χ3n) is 5.16. The summed E-state index contributed by atoms with van der Waals surface area (Å²) in [6.07, 6.45) is -3.09. The van der Waals surface area contributed by atoms with Crippen molar-refractivity contribution >= 4 is 16.6 Å². The second-order valence-electron chi connectivity index (χ2n) is 6.94. The van der Waals surface area contributed by atoms with Gasteiger partial charge in [-0.2, -0.15) is 15.6 Å². The number of halogens is 4. The molecule has 1 aliphatic rings. The summed E-state index contributed by atoms with van der Waals surface area (Å²) in [5.41, 5.74) is -0.278. The predicted molar refractivity (Wildman–Crippen MR) is 104 cm³/mol. The molecule has 9 heteroatoms. The first-order valence-corrected chi connectivity index (χ1v) is 9.09. The predicted octanol–water partition coefficient (Wildman–Crippen LogP) is 4.81. The lowest BCUT2D eigenvalue weighted by Gasteiger charge is -2.29. The van der Waals surface area contributed by atoms with Gasteiger partial charge in [0.1, 0.15) is 11.6 Å².